The number of quaternary nitrogens is 1. The third-order valence-electron chi connectivity index (χ3n) is 1.71. The third kappa shape index (κ3) is 9.98. The predicted molar refractivity (Wildman–Crippen MR) is 63.3 cm³/mol. The highest BCUT2D eigenvalue weighted by molar-refractivity contribution is 7.30. The topological polar surface area (TPSA) is 76.5 Å². The lowest BCUT2D eigenvalue weighted by Gasteiger charge is -2.28. The summed E-state index contributed by atoms with van der Waals surface area (Å²) in [6, 6.07) is 0. The molecule has 0 aromatic heterocycles. The summed E-state index contributed by atoms with van der Waals surface area (Å²) in [4.78, 5) is 11.3. The molecule has 0 bridgehead atoms. The average Bonchev–Trinajstić information content (AvgIpc) is 2.14. The molecule has 0 aliphatic carbocycles. The molecule has 0 radical (unpaired) electrons. The minimum atomic E-state index is -2.60. The van der Waals surface area contributed by atoms with Gasteiger partial charge in [0.25, 0.3) is 5.96 Å². The molecule has 0 aromatic rings. The Morgan fingerprint density at radius 3 is 1.94 bits per heavy atom. The summed E-state index contributed by atoms with van der Waals surface area (Å²) >= 11 is 0. The van der Waals surface area contributed by atoms with Crippen LogP contribution in [0.15, 0.2) is 0 Å². The summed E-state index contributed by atoms with van der Waals surface area (Å²) < 4.78 is 14.0. The minimum Gasteiger partial charge on any atom is -0.566 e. The van der Waals surface area contributed by atoms with E-state index in [4.69, 9.17) is 5.41 Å². The van der Waals surface area contributed by atoms with Crippen molar-refractivity contribution < 1.29 is 18.5 Å². The molecule has 0 aromatic carbocycles. The molecule has 96 valence electrons. The van der Waals surface area contributed by atoms with E-state index in [-0.39, 0.29) is 6.61 Å². The van der Waals surface area contributed by atoms with Crippen molar-refractivity contribution in [2.75, 3.05) is 41.3 Å². The van der Waals surface area contributed by atoms with Crippen molar-refractivity contribution in [3.63, 3.8) is 0 Å². The molecule has 1 atom stereocenters. The first-order chi connectivity index (χ1) is 7.16. The van der Waals surface area contributed by atoms with Gasteiger partial charge in [-0.05, 0) is 18.4 Å². The van der Waals surface area contributed by atoms with E-state index in [0.29, 0.717) is 10.4 Å². The molecule has 0 saturated carbocycles. The van der Waals surface area contributed by atoms with Crippen molar-refractivity contribution >= 4 is 14.2 Å². The number of rotatable bonds is 3. The first kappa shape index (κ1) is 17.8. The zero-order valence-corrected chi connectivity index (χ0v) is 11.9. The van der Waals surface area contributed by atoms with Crippen LogP contribution in [0, 0.1) is 5.41 Å². The average molecular weight is 252 g/mol. The fraction of sp³-hybridized carbons (Fsp3) is 0.889. The van der Waals surface area contributed by atoms with Gasteiger partial charge in [-0.3, -0.25) is 4.48 Å². The Labute approximate surface area is 98.9 Å². The van der Waals surface area contributed by atoms with Crippen molar-refractivity contribution in [3.8, 4) is 0 Å². The zero-order chi connectivity index (χ0) is 13.4. The quantitative estimate of drug-likeness (QED) is 0.346. The number of nitrogens with one attached hydrogen (secondary N) is 1. The van der Waals surface area contributed by atoms with Gasteiger partial charge in [-0.2, -0.15) is 0 Å². The van der Waals surface area contributed by atoms with Crippen LogP contribution in [0.3, 0.4) is 0 Å². The van der Waals surface area contributed by atoms with Crippen molar-refractivity contribution in [2.24, 2.45) is 0 Å². The molecular formula is C9H23N3O3P+. The van der Waals surface area contributed by atoms with Crippen molar-refractivity contribution in [3.05, 3.63) is 0 Å². The van der Waals surface area contributed by atoms with E-state index in [2.05, 4.69) is 4.52 Å². The fourth-order valence-corrected chi connectivity index (χ4v) is 0.978. The molecule has 6 nitrogen and oxygen atoms in total. The van der Waals surface area contributed by atoms with Gasteiger partial charge < -0.3 is 9.79 Å². The monoisotopic (exact) mass is 252 g/mol. The molecule has 0 spiro atoms. The highest BCUT2D eigenvalue weighted by atomic mass is 31.1. The summed E-state index contributed by atoms with van der Waals surface area (Å²) in [7, 11) is 5.32. The van der Waals surface area contributed by atoms with Crippen LogP contribution in [-0.4, -0.2) is 56.7 Å². The van der Waals surface area contributed by atoms with Gasteiger partial charge in [0.1, 0.15) is 0 Å². The lowest BCUT2D eigenvalue weighted by molar-refractivity contribution is -0.783. The summed E-state index contributed by atoms with van der Waals surface area (Å²) in [6.45, 7) is 4.79. The van der Waals surface area contributed by atoms with E-state index in [0.717, 1.165) is 6.54 Å². The van der Waals surface area contributed by atoms with Gasteiger partial charge in [0.2, 0.25) is 0 Å². The Balaban J connectivity index is 0. The Bertz CT molecular complexity index is 229. The molecule has 1 unspecified atom stereocenters. The molecule has 16 heavy (non-hydrogen) atoms. The second-order valence-electron chi connectivity index (χ2n) is 3.99. The number of hydrogen-bond acceptors (Lipinski definition) is 4. The van der Waals surface area contributed by atoms with Crippen molar-refractivity contribution in [1.82, 2.24) is 4.90 Å². The van der Waals surface area contributed by atoms with Gasteiger partial charge in [0.15, 0.2) is 0 Å². The fourth-order valence-electron chi connectivity index (χ4n) is 0.767. The van der Waals surface area contributed by atoms with Crippen LogP contribution in [0.1, 0.15) is 13.8 Å². The van der Waals surface area contributed by atoms with Crippen LogP contribution in [0.2, 0.25) is 0 Å². The van der Waals surface area contributed by atoms with Gasteiger partial charge in [0, 0.05) is 13.6 Å². The molecular weight excluding hydrogens is 229 g/mol. The first-order valence-corrected chi connectivity index (χ1v) is 6.15. The lowest BCUT2D eigenvalue weighted by Crippen LogP contribution is -2.49. The molecule has 0 aliphatic rings. The van der Waals surface area contributed by atoms with E-state index in [9.17, 15) is 9.46 Å². The van der Waals surface area contributed by atoms with Crippen LogP contribution in [0.4, 0.5) is 0 Å². The second-order valence-corrected chi connectivity index (χ2v) is 4.70. The summed E-state index contributed by atoms with van der Waals surface area (Å²) in [5, 5.41) is 7.64. The van der Waals surface area contributed by atoms with Gasteiger partial charge in [-0.1, -0.05) is 0 Å². The van der Waals surface area contributed by atoms with E-state index >= 15 is 0 Å². The summed E-state index contributed by atoms with van der Waals surface area (Å²) in [5.41, 5.74) is 0. The standard InChI is InChI=1S/C7H18N3.C2H5O3P/c1-6-9(2)7(8)10(3,4)5;1-2-5-6(3)4/h8H,6H2,1-5H3;2H2,1H3/q+1;. The molecule has 0 fully saturated rings. The second kappa shape index (κ2) is 8.58. The molecule has 1 N–H and O–H groups in total. The zero-order valence-electron chi connectivity index (χ0n) is 11.0. The molecule has 0 rings (SSSR count). The van der Waals surface area contributed by atoms with Gasteiger partial charge in [-0.25, -0.2) is 5.41 Å². The highest BCUT2D eigenvalue weighted by Gasteiger charge is 2.18. The maximum absolute atomic E-state index is 9.41. The smallest absolute Gasteiger partial charge is 0.488 e. The molecule has 7 heteroatoms. The lowest BCUT2D eigenvalue weighted by atomic mass is 10.5. The van der Waals surface area contributed by atoms with Crippen LogP contribution in [-0.2, 0) is 9.09 Å². The van der Waals surface area contributed by atoms with Gasteiger partial charge in [-0.15, -0.1) is 4.52 Å². The van der Waals surface area contributed by atoms with E-state index < -0.39 is 8.25 Å². The summed E-state index contributed by atoms with van der Waals surface area (Å²) in [5.74, 6) is 0.641. The van der Waals surface area contributed by atoms with Gasteiger partial charge in [0.05, 0.1) is 27.7 Å². The maximum atomic E-state index is 9.41. The highest BCUT2D eigenvalue weighted by Crippen LogP contribution is 2.05. The normalized spacial score (nSPS) is 11.3. The van der Waals surface area contributed by atoms with E-state index in [1.54, 1.807) is 6.92 Å². The Hall–Kier alpha value is -0.550. The molecule has 0 amide bonds. The minimum absolute atomic E-state index is 0.235. The number of hydrogen-bond donors (Lipinski definition) is 1. The largest absolute Gasteiger partial charge is 0.566 e. The van der Waals surface area contributed by atoms with Crippen LogP contribution in [0.5, 0.6) is 0 Å². The number of guanidine groups is 1. The molecule has 0 saturated heterocycles. The van der Waals surface area contributed by atoms with Crippen LogP contribution >= 0.6 is 8.25 Å². The number of nitrogens with zero attached hydrogens (tertiary/aromatic N) is 2. The van der Waals surface area contributed by atoms with E-state index in [1.807, 2.05) is 40.0 Å². The maximum Gasteiger partial charge on any atom is 0.488 e. The Kier molecular flexibility index (Phi) is 9.57. The van der Waals surface area contributed by atoms with E-state index in [1.165, 1.54) is 0 Å². The predicted octanol–water partition coefficient (Wildman–Crippen LogP) is 0.620. The SMILES string of the molecule is CCN(C)C(=N)[N+](C)(C)C.CCO[P+](=O)[O-]. The van der Waals surface area contributed by atoms with Gasteiger partial charge >= 0.3 is 8.25 Å². The Morgan fingerprint density at radius 1 is 1.44 bits per heavy atom. The molecule has 0 aliphatic heterocycles. The van der Waals surface area contributed by atoms with Crippen LogP contribution in [0.25, 0.3) is 0 Å². The summed E-state index contributed by atoms with van der Waals surface area (Å²) in [6.07, 6.45) is 0. The van der Waals surface area contributed by atoms with Crippen molar-refractivity contribution in [1.29, 1.82) is 5.41 Å². The Morgan fingerprint density at radius 2 is 1.88 bits per heavy atom. The first-order valence-electron chi connectivity index (χ1n) is 5.05. The van der Waals surface area contributed by atoms with Crippen LogP contribution < -0.4 is 4.89 Å². The molecule has 0 heterocycles. The third-order valence-corrected chi connectivity index (χ3v) is 2.17. The van der Waals surface area contributed by atoms with Crippen molar-refractivity contribution in [2.45, 2.75) is 13.8 Å².